The van der Waals surface area contributed by atoms with E-state index in [1.807, 2.05) is 42.0 Å². The van der Waals surface area contributed by atoms with Crippen molar-refractivity contribution in [3.63, 3.8) is 0 Å². The van der Waals surface area contributed by atoms with E-state index < -0.39 is 5.54 Å². The predicted molar refractivity (Wildman–Crippen MR) is 74.4 cm³/mol. The highest BCUT2D eigenvalue weighted by Crippen LogP contribution is 2.35. The maximum atomic E-state index is 12.5. The number of carbonyl (C=O) groups excluding carboxylic acids is 1. The summed E-state index contributed by atoms with van der Waals surface area (Å²) in [6.45, 7) is 1.94. The van der Waals surface area contributed by atoms with E-state index in [1.54, 1.807) is 18.1 Å². The molecule has 0 saturated carbocycles. The first-order valence-electron chi connectivity index (χ1n) is 6.09. The fraction of sp³-hybridized carbons (Fsp3) is 0.286. The number of likely N-dealkylation sites (N-methyl/N-ethyl adjacent to an activating group) is 1. The molecule has 98 valence electrons. The number of aromatic nitrogens is 2. The molecule has 1 amide bonds. The molecule has 3 rings (SSSR count). The van der Waals surface area contributed by atoms with E-state index in [4.69, 9.17) is 11.6 Å². The quantitative estimate of drug-likeness (QED) is 0.844. The molecule has 0 fully saturated rings. The number of benzene rings is 1. The lowest BCUT2D eigenvalue weighted by atomic mass is 9.92. The van der Waals surface area contributed by atoms with Crippen LogP contribution in [0.25, 0.3) is 0 Å². The Morgan fingerprint density at radius 1 is 1.32 bits per heavy atom. The molecular weight excluding hydrogens is 262 g/mol. The number of anilines is 1. The van der Waals surface area contributed by atoms with Crippen LogP contribution in [0.4, 0.5) is 5.95 Å². The van der Waals surface area contributed by atoms with Gasteiger partial charge in [0, 0.05) is 30.9 Å². The second-order valence-corrected chi connectivity index (χ2v) is 5.47. The molecule has 1 atom stereocenters. The minimum absolute atomic E-state index is 0.0607. The topological polar surface area (TPSA) is 38.1 Å². The zero-order valence-corrected chi connectivity index (χ0v) is 11.6. The number of halogens is 1. The number of rotatable bonds is 2. The lowest BCUT2D eigenvalue weighted by molar-refractivity contribution is -0.124. The predicted octanol–water partition coefficient (Wildman–Crippen LogP) is 2.47. The molecule has 1 aromatic heterocycles. The van der Waals surface area contributed by atoms with Gasteiger partial charge in [0.15, 0.2) is 0 Å². The van der Waals surface area contributed by atoms with Crippen LogP contribution in [0.3, 0.4) is 0 Å². The molecule has 0 bridgehead atoms. The fourth-order valence-electron chi connectivity index (χ4n) is 2.64. The number of nitrogens with zero attached hydrogens (tertiary/aromatic N) is 3. The van der Waals surface area contributed by atoms with E-state index in [0.29, 0.717) is 17.4 Å². The van der Waals surface area contributed by atoms with Crippen molar-refractivity contribution < 1.29 is 4.79 Å². The maximum absolute atomic E-state index is 12.5. The summed E-state index contributed by atoms with van der Waals surface area (Å²) >= 11 is 5.89. The maximum Gasteiger partial charge on any atom is 0.255 e. The molecule has 4 nitrogen and oxygen atoms in total. The number of hydrogen-bond acceptors (Lipinski definition) is 2. The van der Waals surface area contributed by atoms with Gasteiger partial charge in [-0.05, 0) is 24.6 Å². The van der Waals surface area contributed by atoms with Crippen LogP contribution in [0.2, 0.25) is 5.02 Å². The van der Waals surface area contributed by atoms with Crippen LogP contribution in [0.5, 0.6) is 0 Å². The van der Waals surface area contributed by atoms with Gasteiger partial charge in [-0.15, -0.1) is 0 Å². The van der Waals surface area contributed by atoms with Crippen LogP contribution in [-0.2, 0) is 16.8 Å². The van der Waals surface area contributed by atoms with Crippen LogP contribution in [0.1, 0.15) is 12.5 Å². The van der Waals surface area contributed by atoms with Crippen molar-refractivity contribution in [2.75, 3.05) is 11.9 Å². The van der Waals surface area contributed by atoms with Crippen LogP contribution in [0, 0.1) is 0 Å². The second kappa shape index (κ2) is 4.10. The Balaban J connectivity index is 2.00. The molecular formula is C14H14ClN3O. The smallest absolute Gasteiger partial charge is 0.255 e. The highest BCUT2D eigenvalue weighted by Gasteiger charge is 2.46. The van der Waals surface area contributed by atoms with Crippen LogP contribution in [0.15, 0.2) is 36.7 Å². The van der Waals surface area contributed by atoms with Crippen molar-refractivity contribution in [2.24, 2.45) is 0 Å². The van der Waals surface area contributed by atoms with Gasteiger partial charge in [0.25, 0.3) is 5.91 Å². The number of imidazole rings is 1. The molecule has 5 heteroatoms. The van der Waals surface area contributed by atoms with Gasteiger partial charge >= 0.3 is 0 Å². The molecule has 0 spiro atoms. The molecule has 0 aliphatic carbocycles. The highest BCUT2D eigenvalue weighted by molar-refractivity contribution is 6.30. The minimum atomic E-state index is -0.617. The molecule has 2 heterocycles. The fourth-order valence-corrected chi connectivity index (χ4v) is 2.77. The molecule has 1 unspecified atom stereocenters. The molecule has 0 radical (unpaired) electrons. The largest absolute Gasteiger partial charge is 0.302 e. The van der Waals surface area contributed by atoms with Gasteiger partial charge in [-0.2, -0.15) is 0 Å². The number of fused-ring (bicyclic) bond motifs is 1. The van der Waals surface area contributed by atoms with Gasteiger partial charge in [0.2, 0.25) is 5.95 Å². The van der Waals surface area contributed by atoms with Gasteiger partial charge in [0.1, 0.15) is 5.54 Å². The molecule has 1 aliphatic heterocycles. The summed E-state index contributed by atoms with van der Waals surface area (Å²) in [5, 5.41) is 0.701. The van der Waals surface area contributed by atoms with E-state index in [-0.39, 0.29) is 5.91 Å². The Kier molecular flexibility index (Phi) is 2.64. The first-order valence-corrected chi connectivity index (χ1v) is 6.46. The second-order valence-electron chi connectivity index (χ2n) is 5.04. The number of carbonyl (C=O) groups is 1. The lowest BCUT2D eigenvalue weighted by Gasteiger charge is -2.24. The van der Waals surface area contributed by atoms with E-state index >= 15 is 0 Å². The third-order valence-electron chi connectivity index (χ3n) is 3.68. The van der Waals surface area contributed by atoms with Gasteiger partial charge < -0.3 is 4.57 Å². The summed E-state index contributed by atoms with van der Waals surface area (Å²) in [6, 6.07) is 7.60. The number of hydrogen-bond donors (Lipinski definition) is 0. The molecule has 0 N–H and O–H groups in total. The van der Waals surface area contributed by atoms with Gasteiger partial charge in [-0.3, -0.25) is 9.69 Å². The van der Waals surface area contributed by atoms with Crippen LogP contribution in [-0.4, -0.2) is 22.5 Å². The third kappa shape index (κ3) is 1.75. The molecule has 1 aromatic carbocycles. The van der Waals surface area contributed by atoms with Crippen molar-refractivity contribution >= 4 is 23.5 Å². The number of amides is 1. The zero-order chi connectivity index (χ0) is 13.6. The van der Waals surface area contributed by atoms with Crippen molar-refractivity contribution in [3.8, 4) is 0 Å². The summed E-state index contributed by atoms with van der Waals surface area (Å²) in [7, 11) is 1.76. The molecule has 19 heavy (non-hydrogen) atoms. The zero-order valence-electron chi connectivity index (χ0n) is 10.8. The molecule has 1 aliphatic rings. The van der Waals surface area contributed by atoms with Crippen molar-refractivity contribution in [1.29, 1.82) is 0 Å². The third-order valence-corrected chi connectivity index (χ3v) is 3.93. The van der Waals surface area contributed by atoms with E-state index in [1.165, 1.54) is 0 Å². The van der Waals surface area contributed by atoms with Gasteiger partial charge in [-0.1, -0.05) is 23.7 Å². The summed E-state index contributed by atoms with van der Waals surface area (Å²) in [6.07, 6.45) is 4.20. The first-order chi connectivity index (χ1) is 9.02. The SMILES string of the molecule is CN1C(=O)C(C)(Cc2ccc(Cl)cc2)n2ccnc21. The normalized spacial score (nSPS) is 21.8. The van der Waals surface area contributed by atoms with Crippen molar-refractivity contribution in [3.05, 3.63) is 47.2 Å². The highest BCUT2D eigenvalue weighted by atomic mass is 35.5. The van der Waals surface area contributed by atoms with Gasteiger partial charge in [0.05, 0.1) is 0 Å². The Labute approximate surface area is 116 Å². The van der Waals surface area contributed by atoms with E-state index in [0.717, 1.165) is 5.56 Å². The lowest BCUT2D eigenvalue weighted by Crippen LogP contribution is -2.40. The Morgan fingerprint density at radius 3 is 2.68 bits per heavy atom. The van der Waals surface area contributed by atoms with Crippen LogP contribution >= 0.6 is 11.6 Å². The summed E-state index contributed by atoms with van der Waals surface area (Å²) in [5.74, 6) is 0.756. The molecule has 0 saturated heterocycles. The van der Waals surface area contributed by atoms with Gasteiger partial charge in [-0.25, -0.2) is 4.98 Å². The minimum Gasteiger partial charge on any atom is -0.302 e. The monoisotopic (exact) mass is 275 g/mol. The van der Waals surface area contributed by atoms with E-state index in [2.05, 4.69) is 4.98 Å². The summed E-state index contributed by atoms with van der Waals surface area (Å²) < 4.78 is 1.93. The molecule has 2 aromatic rings. The Hall–Kier alpha value is -1.81. The average Bonchev–Trinajstić information content (AvgIpc) is 2.94. The summed E-state index contributed by atoms with van der Waals surface area (Å²) in [5.41, 5.74) is 0.462. The Morgan fingerprint density at radius 2 is 2.00 bits per heavy atom. The van der Waals surface area contributed by atoms with E-state index in [9.17, 15) is 4.79 Å². The summed E-state index contributed by atoms with van der Waals surface area (Å²) in [4.78, 5) is 18.3. The van der Waals surface area contributed by atoms with Crippen LogP contribution < -0.4 is 4.90 Å². The first kappa shape index (κ1) is 12.2. The standard InChI is InChI=1S/C14H14ClN3O/c1-14(9-10-3-5-11(15)6-4-10)12(19)17(2)13-16-7-8-18(13)14/h3-8H,9H2,1-2H3. The average molecular weight is 276 g/mol. The van der Waals surface area contributed by atoms with Crippen molar-refractivity contribution in [1.82, 2.24) is 9.55 Å². The Bertz CT molecular complexity index is 634. The van der Waals surface area contributed by atoms with Crippen molar-refractivity contribution in [2.45, 2.75) is 18.9 Å².